The van der Waals surface area contributed by atoms with Crippen LogP contribution in [0.25, 0.3) is 22.2 Å². The maximum Gasteiger partial charge on any atom is 0.573 e. The molecule has 0 saturated carbocycles. The van der Waals surface area contributed by atoms with Gasteiger partial charge in [0.15, 0.2) is 0 Å². The number of aromatic nitrogens is 1. The van der Waals surface area contributed by atoms with Crippen LogP contribution in [-0.4, -0.2) is 42.6 Å². The summed E-state index contributed by atoms with van der Waals surface area (Å²) in [5, 5.41) is 3.24. The number of benzene rings is 2. The highest BCUT2D eigenvalue weighted by molar-refractivity contribution is 7.89. The highest BCUT2D eigenvalue weighted by atomic mass is 32.2. The van der Waals surface area contributed by atoms with E-state index in [4.69, 9.17) is 4.42 Å². The minimum Gasteiger partial charge on any atom is -0.443 e. The number of amides is 1. The van der Waals surface area contributed by atoms with E-state index in [1.807, 2.05) is 0 Å². The molecule has 5 rings (SSSR count). The predicted molar refractivity (Wildman–Crippen MR) is 131 cm³/mol. The summed E-state index contributed by atoms with van der Waals surface area (Å²) in [7, 11) is -4.02. The average molecular weight is 546 g/mol. The standard InChI is InChI=1S/C26H22F3N3O5S/c27-26(28,29)37-20-9-7-18(8-10-20)21-14-17(11-12-30-21)16-31-25(33)22-5-3-13-32(22)38(34,35)24-15-19-4-1-2-6-23(19)36-24/h1-2,4,6-12,14-15,22H,3,5,13,16H2,(H,31,33)/t22-/m0/s1. The molecule has 0 aliphatic carbocycles. The van der Waals surface area contributed by atoms with Crippen LogP contribution in [0.3, 0.4) is 0 Å². The zero-order chi connectivity index (χ0) is 26.9. The minimum absolute atomic E-state index is 0.110. The molecule has 38 heavy (non-hydrogen) atoms. The Morgan fingerprint density at radius 3 is 2.61 bits per heavy atom. The molecular formula is C26H22F3N3O5S. The molecule has 2 aromatic heterocycles. The van der Waals surface area contributed by atoms with Gasteiger partial charge < -0.3 is 14.5 Å². The summed E-state index contributed by atoms with van der Waals surface area (Å²) < 4.78 is 74.3. The van der Waals surface area contributed by atoms with Crippen molar-refractivity contribution < 1.29 is 35.5 Å². The second kappa shape index (κ2) is 10.1. The number of rotatable bonds is 7. The SMILES string of the molecule is O=C(NCc1ccnc(-c2ccc(OC(F)(F)F)cc2)c1)[C@@H]1CCCN1S(=O)(=O)c1cc2ccccc2o1. The zero-order valence-electron chi connectivity index (χ0n) is 19.8. The van der Waals surface area contributed by atoms with Gasteiger partial charge in [-0.25, -0.2) is 8.42 Å². The van der Waals surface area contributed by atoms with E-state index in [1.54, 1.807) is 36.4 Å². The molecule has 1 fully saturated rings. The molecule has 1 saturated heterocycles. The molecule has 1 amide bonds. The number of nitrogens with one attached hydrogen (secondary N) is 1. The number of hydrogen-bond acceptors (Lipinski definition) is 6. The fraction of sp³-hybridized carbons (Fsp3) is 0.231. The number of ether oxygens (including phenoxy) is 1. The van der Waals surface area contributed by atoms with Crippen LogP contribution in [0.4, 0.5) is 13.2 Å². The van der Waals surface area contributed by atoms with E-state index in [9.17, 15) is 26.4 Å². The summed E-state index contributed by atoms with van der Waals surface area (Å²) in [6, 6.07) is 16.2. The average Bonchev–Trinajstić information content (AvgIpc) is 3.55. The normalized spacial score (nSPS) is 16.6. The number of hydrogen-bond donors (Lipinski definition) is 1. The molecule has 1 aliphatic rings. The van der Waals surface area contributed by atoms with Crippen molar-refractivity contribution in [2.45, 2.75) is 36.9 Å². The first-order valence-electron chi connectivity index (χ1n) is 11.7. The van der Waals surface area contributed by atoms with Crippen molar-refractivity contribution in [1.82, 2.24) is 14.6 Å². The molecule has 4 aromatic rings. The number of carbonyl (C=O) groups excluding carboxylic acids is 1. The quantitative estimate of drug-likeness (QED) is 0.356. The third kappa shape index (κ3) is 5.50. The maximum atomic E-state index is 13.3. The van der Waals surface area contributed by atoms with Gasteiger partial charge in [-0.15, -0.1) is 13.2 Å². The molecule has 1 atom stereocenters. The Morgan fingerprint density at radius 1 is 1.11 bits per heavy atom. The first kappa shape index (κ1) is 25.7. The van der Waals surface area contributed by atoms with Gasteiger partial charge in [0.1, 0.15) is 17.4 Å². The van der Waals surface area contributed by atoms with Gasteiger partial charge in [-0.05, 0) is 60.9 Å². The lowest BCUT2D eigenvalue weighted by Gasteiger charge is -2.22. The van der Waals surface area contributed by atoms with Gasteiger partial charge >= 0.3 is 6.36 Å². The largest absolute Gasteiger partial charge is 0.573 e. The molecule has 8 nitrogen and oxygen atoms in total. The van der Waals surface area contributed by atoms with Crippen LogP contribution >= 0.6 is 0 Å². The van der Waals surface area contributed by atoms with Gasteiger partial charge in [-0.1, -0.05) is 18.2 Å². The lowest BCUT2D eigenvalue weighted by molar-refractivity contribution is -0.274. The Kier molecular flexibility index (Phi) is 6.84. The Bertz CT molecular complexity index is 1540. The molecule has 0 unspecified atom stereocenters. The van der Waals surface area contributed by atoms with Crippen molar-refractivity contribution in [3.05, 3.63) is 78.5 Å². The number of para-hydroxylation sites is 1. The van der Waals surface area contributed by atoms with Crippen LogP contribution in [0.5, 0.6) is 5.75 Å². The topological polar surface area (TPSA) is 102 Å². The lowest BCUT2D eigenvalue weighted by Crippen LogP contribution is -2.45. The van der Waals surface area contributed by atoms with Gasteiger partial charge in [-0.2, -0.15) is 4.31 Å². The second-order valence-corrected chi connectivity index (χ2v) is 10.5. The highest BCUT2D eigenvalue weighted by Crippen LogP contribution is 2.30. The van der Waals surface area contributed by atoms with Gasteiger partial charge in [-0.3, -0.25) is 9.78 Å². The van der Waals surface area contributed by atoms with Gasteiger partial charge in [0, 0.05) is 36.3 Å². The molecule has 0 spiro atoms. The number of alkyl halides is 3. The molecule has 0 bridgehead atoms. The van der Waals surface area contributed by atoms with E-state index in [0.717, 1.165) is 0 Å². The Balaban J connectivity index is 1.26. The molecular weight excluding hydrogens is 523 g/mol. The van der Waals surface area contributed by atoms with Crippen LogP contribution in [0, 0.1) is 0 Å². The molecule has 198 valence electrons. The molecule has 2 aromatic carbocycles. The number of nitrogens with zero attached hydrogens (tertiary/aromatic N) is 2. The zero-order valence-corrected chi connectivity index (χ0v) is 20.6. The molecule has 1 N–H and O–H groups in total. The number of halogens is 3. The van der Waals surface area contributed by atoms with E-state index < -0.39 is 28.3 Å². The minimum atomic E-state index is -4.78. The molecule has 3 heterocycles. The summed E-state index contributed by atoms with van der Waals surface area (Å²) in [6.45, 7) is 0.309. The van der Waals surface area contributed by atoms with Crippen LogP contribution < -0.4 is 10.1 Å². The smallest absolute Gasteiger partial charge is 0.443 e. The number of pyridine rings is 1. The van der Waals surface area contributed by atoms with Gasteiger partial charge in [0.05, 0.1) is 5.69 Å². The summed E-state index contributed by atoms with van der Waals surface area (Å²) >= 11 is 0. The molecule has 0 radical (unpaired) electrons. The monoisotopic (exact) mass is 545 g/mol. The Labute approximate surface area is 216 Å². The maximum absolute atomic E-state index is 13.3. The molecule has 12 heteroatoms. The fourth-order valence-electron chi connectivity index (χ4n) is 4.37. The Hall–Kier alpha value is -3.90. The van der Waals surface area contributed by atoms with E-state index in [2.05, 4.69) is 15.0 Å². The predicted octanol–water partition coefficient (Wildman–Crippen LogP) is 4.86. The fourth-order valence-corrected chi connectivity index (χ4v) is 5.97. The van der Waals surface area contributed by atoms with Crippen molar-refractivity contribution in [3.63, 3.8) is 0 Å². The lowest BCUT2D eigenvalue weighted by atomic mass is 10.1. The van der Waals surface area contributed by atoms with Crippen molar-refractivity contribution in [2.75, 3.05) is 6.54 Å². The number of furan rings is 1. The van der Waals surface area contributed by atoms with E-state index in [0.29, 0.717) is 40.6 Å². The number of sulfonamides is 1. The van der Waals surface area contributed by atoms with Crippen LogP contribution in [0.2, 0.25) is 0 Å². The van der Waals surface area contributed by atoms with Crippen molar-refractivity contribution >= 4 is 26.9 Å². The third-order valence-corrected chi connectivity index (χ3v) is 7.91. The first-order valence-corrected chi connectivity index (χ1v) is 13.1. The summed E-state index contributed by atoms with van der Waals surface area (Å²) in [4.78, 5) is 17.3. The highest BCUT2D eigenvalue weighted by Gasteiger charge is 2.41. The third-order valence-electron chi connectivity index (χ3n) is 6.15. The van der Waals surface area contributed by atoms with E-state index in [-0.39, 0.29) is 23.9 Å². The molecule has 1 aliphatic heterocycles. The first-order chi connectivity index (χ1) is 18.1. The van der Waals surface area contributed by atoms with Gasteiger partial charge in [0.2, 0.25) is 11.0 Å². The van der Waals surface area contributed by atoms with E-state index in [1.165, 1.54) is 40.8 Å². The van der Waals surface area contributed by atoms with Crippen molar-refractivity contribution in [1.29, 1.82) is 0 Å². The van der Waals surface area contributed by atoms with E-state index >= 15 is 0 Å². The number of fused-ring (bicyclic) bond motifs is 1. The van der Waals surface area contributed by atoms with Gasteiger partial charge in [0.25, 0.3) is 10.0 Å². The second-order valence-electron chi connectivity index (χ2n) is 8.72. The Morgan fingerprint density at radius 2 is 1.87 bits per heavy atom. The summed E-state index contributed by atoms with van der Waals surface area (Å²) in [6.07, 6.45) is -2.35. The summed E-state index contributed by atoms with van der Waals surface area (Å²) in [5.41, 5.74) is 2.18. The van der Waals surface area contributed by atoms with Crippen LogP contribution in [0.1, 0.15) is 18.4 Å². The van der Waals surface area contributed by atoms with Crippen molar-refractivity contribution in [2.24, 2.45) is 0 Å². The summed E-state index contributed by atoms with van der Waals surface area (Å²) in [5.74, 6) is -0.780. The van der Waals surface area contributed by atoms with Crippen LogP contribution in [-0.2, 0) is 21.4 Å². The number of carbonyl (C=O) groups is 1. The van der Waals surface area contributed by atoms with Crippen molar-refractivity contribution in [3.8, 4) is 17.0 Å². The van der Waals surface area contributed by atoms with Crippen LogP contribution in [0.15, 0.2) is 82.4 Å².